The molecule has 28 heavy (non-hydrogen) atoms. The second kappa shape index (κ2) is 8.87. The van der Waals surface area contributed by atoms with E-state index in [1.165, 1.54) is 28.7 Å². The van der Waals surface area contributed by atoms with Gasteiger partial charge in [0.25, 0.3) is 5.91 Å². The Labute approximate surface area is 168 Å². The molecule has 1 aliphatic heterocycles. The van der Waals surface area contributed by atoms with E-state index in [2.05, 4.69) is 10.3 Å². The van der Waals surface area contributed by atoms with Crippen LogP contribution in [0.2, 0.25) is 5.02 Å². The Morgan fingerprint density at radius 2 is 2.04 bits per heavy atom. The third-order valence-electron chi connectivity index (χ3n) is 4.06. The molecule has 3 rings (SSSR count). The molecule has 1 amide bonds. The van der Waals surface area contributed by atoms with Crippen molar-refractivity contribution in [3.05, 3.63) is 47.2 Å². The Morgan fingerprint density at radius 3 is 2.71 bits per heavy atom. The average molecular weight is 426 g/mol. The minimum atomic E-state index is -3.78. The maximum atomic E-state index is 12.8. The molecule has 2 heterocycles. The van der Waals surface area contributed by atoms with Gasteiger partial charge in [0.15, 0.2) is 6.61 Å². The van der Waals surface area contributed by atoms with Crippen LogP contribution >= 0.6 is 11.6 Å². The summed E-state index contributed by atoms with van der Waals surface area (Å²) in [5.74, 6) is 0.0325. The molecule has 1 fully saturated rings. The van der Waals surface area contributed by atoms with Crippen LogP contribution in [0.1, 0.15) is 5.69 Å². The van der Waals surface area contributed by atoms with Gasteiger partial charge in [0.1, 0.15) is 10.6 Å². The number of anilines is 1. The van der Waals surface area contributed by atoms with Gasteiger partial charge in [-0.1, -0.05) is 11.6 Å². The third kappa shape index (κ3) is 4.99. The van der Waals surface area contributed by atoms with Crippen molar-refractivity contribution in [2.24, 2.45) is 0 Å². The zero-order valence-electron chi connectivity index (χ0n) is 15.2. The molecule has 1 saturated heterocycles. The van der Waals surface area contributed by atoms with Crippen LogP contribution in [-0.4, -0.2) is 56.5 Å². The highest BCUT2D eigenvalue weighted by molar-refractivity contribution is 7.89. The maximum absolute atomic E-state index is 12.8. The topological polar surface area (TPSA) is 97.8 Å². The molecule has 150 valence electrons. The summed E-state index contributed by atoms with van der Waals surface area (Å²) in [5.41, 5.74) is 1.15. The van der Waals surface area contributed by atoms with Crippen molar-refractivity contribution in [3.63, 3.8) is 0 Å². The number of nitrogens with one attached hydrogen (secondary N) is 1. The zero-order valence-corrected chi connectivity index (χ0v) is 16.8. The minimum absolute atomic E-state index is 0.0579. The summed E-state index contributed by atoms with van der Waals surface area (Å²) in [4.78, 5) is 16.2. The number of nitrogens with zero attached hydrogens (tertiary/aromatic N) is 2. The normalized spacial score (nSPS) is 15.2. The number of hydrogen-bond acceptors (Lipinski definition) is 6. The SMILES string of the molecule is Cc1ccc(OCC(=O)Nc2ccc(Cl)c(S(=O)(=O)N3CCOCC3)c2)cn1. The number of carbonyl (C=O) groups is 1. The van der Waals surface area contributed by atoms with E-state index in [1.54, 1.807) is 12.1 Å². The highest BCUT2D eigenvalue weighted by Crippen LogP contribution is 2.28. The van der Waals surface area contributed by atoms with Crippen molar-refractivity contribution in [3.8, 4) is 5.75 Å². The summed E-state index contributed by atoms with van der Waals surface area (Å²) < 4.78 is 37.5. The number of halogens is 1. The molecule has 1 N–H and O–H groups in total. The van der Waals surface area contributed by atoms with Gasteiger partial charge in [-0.05, 0) is 37.3 Å². The van der Waals surface area contributed by atoms with E-state index in [0.29, 0.717) is 24.7 Å². The number of sulfonamides is 1. The lowest BCUT2D eigenvalue weighted by molar-refractivity contribution is -0.118. The number of morpholine rings is 1. The summed E-state index contributed by atoms with van der Waals surface area (Å²) in [7, 11) is -3.78. The largest absolute Gasteiger partial charge is 0.482 e. The van der Waals surface area contributed by atoms with Crippen molar-refractivity contribution >= 4 is 33.2 Å². The van der Waals surface area contributed by atoms with Gasteiger partial charge in [0.05, 0.1) is 24.4 Å². The van der Waals surface area contributed by atoms with Crippen LogP contribution in [0.25, 0.3) is 0 Å². The van der Waals surface area contributed by atoms with Crippen molar-refractivity contribution in [1.29, 1.82) is 0 Å². The lowest BCUT2D eigenvalue weighted by Gasteiger charge is -2.26. The number of amides is 1. The standard InChI is InChI=1S/C18H20ClN3O5S/c1-13-2-4-15(11-20-13)27-12-18(23)21-14-3-5-16(19)17(10-14)28(24,25)22-6-8-26-9-7-22/h2-5,10-11H,6-9,12H2,1H3,(H,21,23). The Bertz CT molecular complexity index is 944. The van der Waals surface area contributed by atoms with Crippen LogP contribution < -0.4 is 10.1 Å². The van der Waals surface area contributed by atoms with Gasteiger partial charge in [-0.15, -0.1) is 0 Å². The number of rotatable bonds is 6. The lowest BCUT2D eigenvalue weighted by atomic mass is 10.3. The highest BCUT2D eigenvalue weighted by atomic mass is 35.5. The Balaban J connectivity index is 1.68. The molecule has 0 bridgehead atoms. The van der Waals surface area contributed by atoms with E-state index in [1.807, 2.05) is 6.92 Å². The Hall–Kier alpha value is -2.20. The Morgan fingerprint density at radius 1 is 1.29 bits per heavy atom. The van der Waals surface area contributed by atoms with Crippen LogP contribution in [0, 0.1) is 6.92 Å². The number of carbonyl (C=O) groups excluding carboxylic acids is 1. The van der Waals surface area contributed by atoms with Gasteiger partial charge in [0.2, 0.25) is 10.0 Å². The first-order valence-corrected chi connectivity index (χ1v) is 10.4. The molecule has 0 spiro atoms. The van der Waals surface area contributed by atoms with Crippen LogP contribution in [-0.2, 0) is 19.6 Å². The molecule has 8 nitrogen and oxygen atoms in total. The van der Waals surface area contributed by atoms with E-state index < -0.39 is 15.9 Å². The third-order valence-corrected chi connectivity index (χ3v) is 6.44. The van der Waals surface area contributed by atoms with Crippen LogP contribution in [0.3, 0.4) is 0 Å². The molecule has 0 saturated carbocycles. The van der Waals surface area contributed by atoms with Crippen molar-refractivity contribution < 1.29 is 22.7 Å². The predicted octanol–water partition coefficient (Wildman–Crippen LogP) is 2.08. The van der Waals surface area contributed by atoms with Gasteiger partial charge in [0, 0.05) is 24.5 Å². The first kappa shape index (κ1) is 20.5. The van der Waals surface area contributed by atoms with Gasteiger partial charge in [-0.3, -0.25) is 9.78 Å². The van der Waals surface area contributed by atoms with E-state index in [4.69, 9.17) is 21.1 Å². The van der Waals surface area contributed by atoms with E-state index in [9.17, 15) is 13.2 Å². The van der Waals surface area contributed by atoms with E-state index in [0.717, 1.165) is 5.69 Å². The fraction of sp³-hybridized carbons (Fsp3) is 0.333. The fourth-order valence-corrected chi connectivity index (χ4v) is 4.50. The number of aryl methyl sites for hydroxylation is 1. The minimum Gasteiger partial charge on any atom is -0.482 e. The molecule has 10 heteroatoms. The number of benzene rings is 1. The van der Waals surface area contributed by atoms with Gasteiger partial charge >= 0.3 is 0 Å². The van der Waals surface area contributed by atoms with Gasteiger partial charge < -0.3 is 14.8 Å². The second-order valence-corrected chi connectivity index (χ2v) is 8.45. The van der Waals surface area contributed by atoms with Crippen molar-refractivity contribution in [2.45, 2.75) is 11.8 Å². The molecular weight excluding hydrogens is 406 g/mol. The summed E-state index contributed by atoms with van der Waals surface area (Å²) in [6.45, 7) is 2.79. The van der Waals surface area contributed by atoms with Crippen LogP contribution in [0.5, 0.6) is 5.75 Å². The summed E-state index contributed by atoms with van der Waals surface area (Å²) in [5, 5.41) is 2.70. The molecule has 0 radical (unpaired) electrons. The monoisotopic (exact) mass is 425 g/mol. The lowest BCUT2D eigenvalue weighted by Crippen LogP contribution is -2.40. The molecule has 2 aromatic rings. The van der Waals surface area contributed by atoms with Gasteiger partial charge in [-0.25, -0.2) is 8.42 Å². The first-order chi connectivity index (χ1) is 13.4. The van der Waals surface area contributed by atoms with Crippen molar-refractivity contribution in [1.82, 2.24) is 9.29 Å². The molecular formula is C18H20ClN3O5S. The first-order valence-electron chi connectivity index (χ1n) is 8.59. The number of hydrogen-bond donors (Lipinski definition) is 1. The summed E-state index contributed by atoms with van der Waals surface area (Å²) in [6, 6.07) is 7.81. The smallest absolute Gasteiger partial charge is 0.262 e. The number of ether oxygens (including phenoxy) is 2. The molecule has 0 atom stereocenters. The van der Waals surface area contributed by atoms with E-state index in [-0.39, 0.29) is 29.6 Å². The van der Waals surface area contributed by atoms with Crippen LogP contribution in [0.4, 0.5) is 5.69 Å². The van der Waals surface area contributed by atoms with Crippen molar-refractivity contribution in [2.75, 3.05) is 38.2 Å². The average Bonchev–Trinajstić information content (AvgIpc) is 2.69. The predicted molar refractivity (Wildman–Crippen MR) is 104 cm³/mol. The second-order valence-electron chi connectivity index (χ2n) is 6.13. The number of pyridine rings is 1. The van der Waals surface area contributed by atoms with E-state index >= 15 is 0 Å². The molecule has 0 unspecified atom stereocenters. The molecule has 1 aromatic heterocycles. The molecule has 1 aliphatic rings. The summed E-state index contributed by atoms with van der Waals surface area (Å²) >= 11 is 6.11. The Kier molecular flexibility index (Phi) is 6.50. The molecule has 1 aromatic carbocycles. The fourth-order valence-electron chi connectivity index (χ4n) is 2.59. The summed E-state index contributed by atoms with van der Waals surface area (Å²) in [6.07, 6.45) is 1.53. The van der Waals surface area contributed by atoms with Gasteiger partial charge in [-0.2, -0.15) is 4.31 Å². The highest BCUT2D eigenvalue weighted by Gasteiger charge is 2.28. The quantitative estimate of drug-likeness (QED) is 0.760. The number of aromatic nitrogens is 1. The maximum Gasteiger partial charge on any atom is 0.262 e. The van der Waals surface area contributed by atoms with Crippen LogP contribution in [0.15, 0.2) is 41.4 Å². The molecule has 0 aliphatic carbocycles. The zero-order chi connectivity index (χ0) is 20.1.